The maximum atomic E-state index is 12.3. The number of aliphatic hydroxyl groups excluding tert-OH is 1. The first-order chi connectivity index (χ1) is 13.0. The molecule has 138 valence electrons. The summed E-state index contributed by atoms with van der Waals surface area (Å²) in [7, 11) is 0. The van der Waals surface area contributed by atoms with Crippen molar-refractivity contribution in [3.05, 3.63) is 77.0 Å². The Labute approximate surface area is 163 Å². The molecule has 0 atom stereocenters. The van der Waals surface area contributed by atoms with Crippen LogP contribution in [0.5, 0.6) is 0 Å². The minimum atomic E-state index is -0.261. The molecule has 0 unspecified atom stereocenters. The van der Waals surface area contributed by atoms with Crippen LogP contribution in [0.1, 0.15) is 27.2 Å². The van der Waals surface area contributed by atoms with Gasteiger partial charge in [-0.05, 0) is 62.0 Å². The van der Waals surface area contributed by atoms with Gasteiger partial charge in [0.25, 0.3) is 5.91 Å². The second kappa shape index (κ2) is 8.16. The van der Waals surface area contributed by atoms with Crippen molar-refractivity contribution in [1.82, 2.24) is 5.32 Å². The van der Waals surface area contributed by atoms with Crippen LogP contribution in [0.25, 0.3) is 11.3 Å². The fourth-order valence-electron chi connectivity index (χ4n) is 2.64. The fourth-order valence-corrected chi connectivity index (χ4v) is 2.85. The molecule has 0 saturated carbocycles. The number of anilines is 1. The van der Waals surface area contributed by atoms with Gasteiger partial charge in [-0.3, -0.25) is 10.1 Å². The number of furan rings is 1. The normalized spacial score (nSPS) is 10.5. The molecular formula is C21H20N2O3S. The standard InChI is InChI=1S/C21H20N2O3S/c1-13-4-3-5-16(10-13)20(25)23-21(27)22-18-11-15(7-6-14(18)2)19-9-8-17(12-24)26-19/h3-11,24H,12H2,1-2H3,(H2,22,23,25,27). The molecule has 0 aliphatic rings. The second-order valence-corrected chi connectivity index (χ2v) is 6.64. The summed E-state index contributed by atoms with van der Waals surface area (Å²) in [6.07, 6.45) is 0. The average Bonchev–Trinajstić information content (AvgIpc) is 3.12. The van der Waals surface area contributed by atoms with E-state index in [-0.39, 0.29) is 17.6 Å². The zero-order valence-electron chi connectivity index (χ0n) is 15.1. The number of thiocarbonyl (C=S) groups is 1. The van der Waals surface area contributed by atoms with Crippen molar-refractivity contribution >= 4 is 28.9 Å². The molecule has 27 heavy (non-hydrogen) atoms. The van der Waals surface area contributed by atoms with Crippen LogP contribution in [0.15, 0.2) is 59.0 Å². The number of carbonyl (C=O) groups is 1. The largest absolute Gasteiger partial charge is 0.459 e. The van der Waals surface area contributed by atoms with E-state index in [1.807, 2.05) is 44.2 Å². The predicted octanol–water partition coefficient (Wildman–Crippen LogP) is 4.18. The van der Waals surface area contributed by atoms with Crippen molar-refractivity contribution < 1.29 is 14.3 Å². The minimum absolute atomic E-state index is 0.147. The highest BCUT2D eigenvalue weighted by Crippen LogP contribution is 2.27. The highest BCUT2D eigenvalue weighted by Gasteiger charge is 2.11. The molecule has 1 heterocycles. The monoisotopic (exact) mass is 380 g/mol. The van der Waals surface area contributed by atoms with Crippen molar-refractivity contribution in [1.29, 1.82) is 0 Å². The van der Waals surface area contributed by atoms with Crippen molar-refractivity contribution in [2.45, 2.75) is 20.5 Å². The van der Waals surface area contributed by atoms with E-state index in [0.717, 1.165) is 22.4 Å². The zero-order valence-corrected chi connectivity index (χ0v) is 15.9. The first-order valence-corrected chi connectivity index (χ1v) is 8.86. The van der Waals surface area contributed by atoms with Crippen molar-refractivity contribution in [2.24, 2.45) is 0 Å². The smallest absolute Gasteiger partial charge is 0.257 e. The Morgan fingerprint density at radius 3 is 2.63 bits per heavy atom. The molecule has 0 aliphatic heterocycles. The molecule has 2 aromatic carbocycles. The Morgan fingerprint density at radius 2 is 1.93 bits per heavy atom. The number of hydrogen-bond acceptors (Lipinski definition) is 4. The van der Waals surface area contributed by atoms with Gasteiger partial charge in [-0.25, -0.2) is 0 Å². The van der Waals surface area contributed by atoms with Gasteiger partial charge in [-0.1, -0.05) is 29.8 Å². The summed E-state index contributed by atoms with van der Waals surface area (Å²) in [5.41, 5.74) is 4.14. The van der Waals surface area contributed by atoms with Crippen molar-refractivity contribution in [2.75, 3.05) is 5.32 Å². The van der Waals surface area contributed by atoms with Gasteiger partial charge >= 0.3 is 0 Å². The van der Waals surface area contributed by atoms with Crippen LogP contribution < -0.4 is 10.6 Å². The molecule has 6 heteroatoms. The third-order valence-electron chi connectivity index (χ3n) is 4.10. The van der Waals surface area contributed by atoms with Gasteiger partial charge < -0.3 is 14.8 Å². The summed E-state index contributed by atoms with van der Waals surface area (Å²) in [5.74, 6) is 0.890. The number of nitrogens with one attached hydrogen (secondary N) is 2. The van der Waals surface area contributed by atoms with Crippen LogP contribution in [-0.4, -0.2) is 16.1 Å². The number of aliphatic hydroxyl groups is 1. The van der Waals surface area contributed by atoms with Gasteiger partial charge in [0.1, 0.15) is 18.1 Å². The van der Waals surface area contributed by atoms with Crippen LogP contribution >= 0.6 is 12.2 Å². The molecule has 0 spiro atoms. The quantitative estimate of drug-likeness (QED) is 0.592. The first kappa shape index (κ1) is 18.8. The second-order valence-electron chi connectivity index (χ2n) is 6.23. The van der Waals surface area contributed by atoms with Crippen LogP contribution in [0.2, 0.25) is 0 Å². The van der Waals surface area contributed by atoms with Crippen molar-refractivity contribution in [3.8, 4) is 11.3 Å². The van der Waals surface area contributed by atoms with E-state index in [0.29, 0.717) is 17.1 Å². The molecule has 5 nitrogen and oxygen atoms in total. The Kier molecular flexibility index (Phi) is 5.69. The lowest BCUT2D eigenvalue weighted by Crippen LogP contribution is -2.34. The molecule has 3 rings (SSSR count). The summed E-state index contributed by atoms with van der Waals surface area (Å²) in [6, 6.07) is 16.6. The van der Waals surface area contributed by atoms with Crippen LogP contribution in [0.4, 0.5) is 5.69 Å². The van der Waals surface area contributed by atoms with Gasteiger partial charge in [0.2, 0.25) is 0 Å². The maximum absolute atomic E-state index is 12.3. The number of rotatable bonds is 4. The summed E-state index contributed by atoms with van der Waals surface area (Å²) in [4.78, 5) is 12.3. The molecule has 1 aromatic heterocycles. The van der Waals surface area contributed by atoms with E-state index in [1.165, 1.54) is 0 Å². The molecule has 0 aliphatic carbocycles. The predicted molar refractivity (Wildman–Crippen MR) is 110 cm³/mol. The topological polar surface area (TPSA) is 74.5 Å². The van der Waals surface area contributed by atoms with Gasteiger partial charge in [-0.15, -0.1) is 0 Å². The van der Waals surface area contributed by atoms with E-state index in [9.17, 15) is 4.79 Å². The molecule has 0 radical (unpaired) electrons. The van der Waals surface area contributed by atoms with E-state index < -0.39 is 0 Å². The van der Waals surface area contributed by atoms with E-state index in [2.05, 4.69) is 10.6 Å². The summed E-state index contributed by atoms with van der Waals surface area (Å²) in [5, 5.41) is 15.1. The molecule has 3 aromatic rings. The average molecular weight is 380 g/mol. The molecule has 0 saturated heterocycles. The number of benzene rings is 2. The van der Waals surface area contributed by atoms with E-state index >= 15 is 0 Å². The van der Waals surface area contributed by atoms with Gasteiger partial charge in [0, 0.05) is 16.8 Å². The Hall–Kier alpha value is -2.96. The first-order valence-electron chi connectivity index (χ1n) is 8.46. The summed E-state index contributed by atoms with van der Waals surface area (Å²) >= 11 is 5.29. The number of amides is 1. The fraction of sp³-hybridized carbons (Fsp3) is 0.143. The maximum Gasteiger partial charge on any atom is 0.257 e. The number of carbonyl (C=O) groups excluding carboxylic acids is 1. The summed E-state index contributed by atoms with van der Waals surface area (Å²) < 4.78 is 5.57. The lowest BCUT2D eigenvalue weighted by atomic mass is 10.1. The Morgan fingerprint density at radius 1 is 1.11 bits per heavy atom. The Balaban J connectivity index is 1.73. The zero-order chi connectivity index (χ0) is 19.4. The highest BCUT2D eigenvalue weighted by atomic mass is 32.1. The number of aryl methyl sites for hydroxylation is 2. The van der Waals surface area contributed by atoms with Crippen LogP contribution in [0, 0.1) is 13.8 Å². The molecule has 1 amide bonds. The summed E-state index contributed by atoms with van der Waals surface area (Å²) in [6.45, 7) is 3.73. The molecular weight excluding hydrogens is 360 g/mol. The van der Waals surface area contributed by atoms with Gasteiger partial charge in [0.05, 0.1) is 0 Å². The minimum Gasteiger partial charge on any atom is -0.459 e. The highest BCUT2D eigenvalue weighted by molar-refractivity contribution is 7.80. The third-order valence-corrected chi connectivity index (χ3v) is 4.30. The lowest BCUT2D eigenvalue weighted by molar-refractivity contribution is 0.0977. The lowest BCUT2D eigenvalue weighted by Gasteiger charge is -2.13. The van der Waals surface area contributed by atoms with E-state index in [1.54, 1.807) is 24.3 Å². The third kappa shape index (κ3) is 4.61. The van der Waals surface area contributed by atoms with E-state index in [4.69, 9.17) is 21.7 Å². The SMILES string of the molecule is Cc1cccc(C(=O)NC(=S)Nc2cc(-c3ccc(CO)o3)ccc2C)c1. The van der Waals surface area contributed by atoms with Gasteiger partial charge in [0.15, 0.2) is 5.11 Å². The van der Waals surface area contributed by atoms with Gasteiger partial charge in [-0.2, -0.15) is 0 Å². The molecule has 0 fully saturated rings. The Bertz CT molecular complexity index is 995. The van der Waals surface area contributed by atoms with Crippen molar-refractivity contribution in [3.63, 3.8) is 0 Å². The number of hydrogen-bond donors (Lipinski definition) is 3. The van der Waals surface area contributed by atoms with Crippen LogP contribution in [0.3, 0.4) is 0 Å². The molecule has 3 N–H and O–H groups in total. The van der Waals surface area contributed by atoms with Crippen LogP contribution in [-0.2, 0) is 6.61 Å². The molecule has 0 bridgehead atoms.